The third-order valence-electron chi connectivity index (χ3n) is 6.75. The van der Waals surface area contributed by atoms with Gasteiger partial charge in [0.1, 0.15) is 5.75 Å². The van der Waals surface area contributed by atoms with Gasteiger partial charge >= 0.3 is 5.97 Å². The van der Waals surface area contributed by atoms with Gasteiger partial charge in [0.15, 0.2) is 12.7 Å². The van der Waals surface area contributed by atoms with Crippen LogP contribution in [0.15, 0.2) is 84.0 Å². The molecule has 3 aromatic rings. The maximum atomic E-state index is 11.0. The summed E-state index contributed by atoms with van der Waals surface area (Å²) in [5, 5.41) is 13.7. The normalized spacial score (nSPS) is 15.4. The number of carbonyl (C=O) groups is 1. The molecule has 1 aliphatic rings. The Morgan fingerprint density at radius 1 is 0.972 bits per heavy atom. The van der Waals surface area contributed by atoms with Crippen molar-refractivity contribution in [2.24, 2.45) is 5.16 Å². The summed E-state index contributed by atoms with van der Waals surface area (Å²) in [6.45, 7) is 1.86. The molecule has 1 aliphatic carbocycles. The van der Waals surface area contributed by atoms with Gasteiger partial charge in [-0.15, -0.1) is 0 Å². The Morgan fingerprint density at radius 3 is 2.31 bits per heavy atom. The van der Waals surface area contributed by atoms with E-state index in [1.165, 1.54) is 5.56 Å². The number of nitrogens with zero attached hydrogens (tertiary/aromatic N) is 1. The van der Waals surface area contributed by atoms with Gasteiger partial charge in [-0.1, -0.05) is 91.3 Å². The smallest absolute Gasteiger partial charge is 0.341 e. The predicted molar refractivity (Wildman–Crippen MR) is 143 cm³/mol. The van der Waals surface area contributed by atoms with Crippen molar-refractivity contribution >= 4 is 11.7 Å². The Morgan fingerprint density at radius 2 is 1.67 bits per heavy atom. The first kappa shape index (κ1) is 25.5. The third kappa shape index (κ3) is 6.75. The minimum atomic E-state index is -0.954. The number of rotatable bonds is 12. The second kappa shape index (κ2) is 12.9. The lowest BCUT2D eigenvalue weighted by atomic mass is 9.79. The Bertz CT molecular complexity index is 1100. The van der Waals surface area contributed by atoms with Crippen LogP contribution in [0, 0.1) is 0 Å². The molecular weight excluding hydrogens is 450 g/mol. The molecule has 0 bridgehead atoms. The number of aliphatic carboxylic acids is 1. The fourth-order valence-electron chi connectivity index (χ4n) is 5.03. The summed E-state index contributed by atoms with van der Waals surface area (Å²) in [4.78, 5) is 17.2. The van der Waals surface area contributed by atoms with Gasteiger partial charge in [0.2, 0.25) is 0 Å². The minimum Gasteiger partial charge on any atom is -0.482 e. The van der Waals surface area contributed by atoms with E-state index in [4.69, 9.17) is 19.8 Å². The molecule has 36 heavy (non-hydrogen) atoms. The average molecular weight is 486 g/mol. The molecule has 0 fully saturated rings. The molecule has 188 valence electrons. The molecule has 5 heteroatoms. The number of hydrogen-bond donors (Lipinski definition) is 1. The Hall–Kier alpha value is -3.60. The molecule has 0 aliphatic heterocycles. The highest BCUT2D eigenvalue weighted by molar-refractivity contribution is 5.84. The summed E-state index contributed by atoms with van der Waals surface area (Å²) in [6, 6.07) is 26.5. The van der Waals surface area contributed by atoms with Crippen molar-refractivity contribution in [2.45, 2.75) is 63.9 Å². The first-order valence-electron chi connectivity index (χ1n) is 12.9. The molecule has 1 atom stereocenters. The lowest BCUT2D eigenvalue weighted by Crippen LogP contribution is -2.15. The van der Waals surface area contributed by atoms with Crippen LogP contribution in [0.3, 0.4) is 0 Å². The number of carboxylic acid groups (broad SMARTS) is 1. The SMILES string of the molecule is CCC/C(CCC1CCCc2c(OCC(=O)O)cccc21)=N\OC(c1ccccc1)c1ccccc1. The molecule has 4 rings (SSSR count). The summed E-state index contributed by atoms with van der Waals surface area (Å²) in [5.41, 5.74) is 5.69. The molecule has 0 aromatic heterocycles. The van der Waals surface area contributed by atoms with Crippen molar-refractivity contribution in [3.05, 3.63) is 101 Å². The quantitative estimate of drug-likeness (QED) is 0.216. The van der Waals surface area contributed by atoms with E-state index in [9.17, 15) is 4.79 Å². The van der Waals surface area contributed by atoms with Crippen LogP contribution in [0.25, 0.3) is 0 Å². The van der Waals surface area contributed by atoms with Crippen LogP contribution in [-0.4, -0.2) is 23.4 Å². The number of oxime groups is 1. The van der Waals surface area contributed by atoms with E-state index in [1.54, 1.807) is 0 Å². The van der Waals surface area contributed by atoms with Crippen LogP contribution < -0.4 is 4.74 Å². The molecule has 0 saturated carbocycles. The van der Waals surface area contributed by atoms with Crippen LogP contribution in [-0.2, 0) is 16.1 Å². The minimum absolute atomic E-state index is 0.247. The monoisotopic (exact) mass is 485 g/mol. The van der Waals surface area contributed by atoms with Crippen LogP contribution in [0.4, 0.5) is 0 Å². The van der Waals surface area contributed by atoms with Crippen LogP contribution >= 0.6 is 0 Å². The molecule has 1 unspecified atom stereocenters. The number of benzene rings is 3. The fourth-order valence-corrected chi connectivity index (χ4v) is 5.03. The average Bonchev–Trinajstić information content (AvgIpc) is 2.91. The number of hydrogen-bond acceptors (Lipinski definition) is 4. The van der Waals surface area contributed by atoms with Crippen molar-refractivity contribution in [1.82, 2.24) is 0 Å². The highest BCUT2D eigenvalue weighted by atomic mass is 16.6. The largest absolute Gasteiger partial charge is 0.482 e. The molecule has 1 N–H and O–H groups in total. The van der Waals surface area contributed by atoms with E-state index < -0.39 is 5.97 Å². The highest BCUT2D eigenvalue weighted by Crippen LogP contribution is 2.39. The van der Waals surface area contributed by atoms with Crippen LogP contribution in [0.5, 0.6) is 5.75 Å². The van der Waals surface area contributed by atoms with Crippen molar-refractivity contribution in [2.75, 3.05) is 6.61 Å². The lowest BCUT2D eigenvalue weighted by Gasteiger charge is -2.27. The summed E-state index contributed by atoms with van der Waals surface area (Å²) in [6.07, 6.45) is 6.64. The summed E-state index contributed by atoms with van der Waals surface area (Å²) < 4.78 is 5.58. The van der Waals surface area contributed by atoms with E-state index in [1.807, 2.05) is 48.5 Å². The van der Waals surface area contributed by atoms with Gasteiger partial charge in [-0.3, -0.25) is 0 Å². The van der Waals surface area contributed by atoms with Crippen molar-refractivity contribution in [3.8, 4) is 5.75 Å². The Kier molecular flexibility index (Phi) is 9.15. The molecule has 3 aromatic carbocycles. The second-order valence-electron chi connectivity index (χ2n) is 9.35. The van der Waals surface area contributed by atoms with Crippen molar-refractivity contribution < 1.29 is 19.5 Å². The van der Waals surface area contributed by atoms with Gasteiger partial charge in [-0.05, 0) is 72.8 Å². The van der Waals surface area contributed by atoms with E-state index in [-0.39, 0.29) is 12.7 Å². The lowest BCUT2D eigenvalue weighted by molar-refractivity contribution is -0.139. The predicted octanol–water partition coefficient (Wildman–Crippen LogP) is 7.31. The molecule has 0 radical (unpaired) electrons. The molecule has 0 saturated heterocycles. The van der Waals surface area contributed by atoms with Gasteiger partial charge in [0, 0.05) is 0 Å². The molecule has 0 heterocycles. The fraction of sp³-hybridized carbons (Fsp3) is 0.355. The topological polar surface area (TPSA) is 68.1 Å². The summed E-state index contributed by atoms with van der Waals surface area (Å²) in [5.74, 6) is 0.159. The molecule has 0 spiro atoms. The third-order valence-corrected chi connectivity index (χ3v) is 6.75. The zero-order valence-electron chi connectivity index (χ0n) is 20.9. The van der Waals surface area contributed by atoms with Gasteiger partial charge in [-0.25, -0.2) is 4.79 Å². The van der Waals surface area contributed by atoms with Crippen molar-refractivity contribution in [1.29, 1.82) is 0 Å². The maximum Gasteiger partial charge on any atom is 0.341 e. The van der Waals surface area contributed by atoms with Gasteiger partial charge in [0.05, 0.1) is 5.71 Å². The zero-order valence-corrected chi connectivity index (χ0v) is 20.9. The number of ether oxygens (including phenoxy) is 1. The van der Waals surface area contributed by atoms with E-state index >= 15 is 0 Å². The number of fused-ring (bicyclic) bond motifs is 1. The first-order valence-corrected chi connectivity index (χ1v) is 12.9. The Balaban J connectivity index is 1.48. The molecule has 5 nitrogen and oxygen atoms in total. The van der Waals surface area contributed by atoms with Crippen molar-refractivity contribution in [3.63, 3.8) is 0 Å². The second-order valence-corrected chi connectivity index (χ2v) is 9.35. The zero-order chi connectivity index (χ0) is 25.2. The summed E-state index contributed by atoms with van der Waals surface area (Å²) >= 11 is 0. The van der Waals surface area contributed by atoms with E-state index in [0.717, 1.165) is 67.3 Å². The summed E-state index contributed by atoms with van der Waals surface area (Å²) in [7, 11) is 0. The standard InChI is InChI=1S/C31H35NO4/c1-2-11-26(32-36-31(24-12-5-3-6-13-24)25-14-7-4-8-15-25)21-20-23-16-9-18-28-27(23)17-10-19-29(28)35-22-30(33)34/h3-8,10,12-15,17,19,23,31H,2,9,11,16,18,20-22H2,1H3,(H,33,34)/b32-26+. The van der Waals surface area contributed by atoms with Crippen LogP contribution in [0.2, 0.25) is 0 Å². The van der Waals surface area contributed by atoms with Crippen LogP contribution in [0.1, 0.15) is 79.7 Å². The van der Waals surface area contributed by atoms with Gasteiger partial charge in [0.25, 0.3) is 0 Å². The highest BCUT2D eigenvalue weighted by Gasteiger charge is 2.24. The van der Waals surface area contributed by atoms with Gasteiger partial charge in [-0.2, -0.15) is 0 Å². The van der Waals surface area contributed by atoms with E-state index in [0.29, 0.717) is 11.7 Å². The first-order chi connectivity index (χ1) is 17.7. The maximum absolute atomic E-state index is 11.0. The number of carboxylic acids is 1. The van der Waals surface area contributed by atoms with E-state index in [2.05, 4.69) is 37.3 Å². The molecule has 0 amide bonds. The molecular formula is C31H35NO4. The van der Waals surface area contributed by atoms with Gasteiger partial charge < -0.3 is 14.7 Å². The Labute approximate surface area is 213 Å².